The lowest BCUT2D eigenvalue weighted by Gasteiger charge is -2.05. The molecule has 0 aliphatic rings. The number of aliphatic hydroxyl groups excluding tert-OH is 1. The lowest BCUT2D eigenvalue weighted by molar-refractivity contribution is 0.195. The quantitative estimate of drug-likeness (QED) is 0.722. The summed E-state index contributed by atoms with van der Waals surface area (Å²) in [5, 5.41) is 10.8. The van der Waals surface area contributed by atoms with E-state index in [9.17, 15) is 5.11 Å². The summed E-state index contributed by atoms with van der Waals surface area (Å²) in [7, 11) is 0. The third kappa shape index (κ3) is 2.87. The number of aromatic nitrogens is 3. The van der Waals surface area contributed by atoms with Crippen molar-refractivity contribution in [2.24, 2.45) is 0 Å². The molecule has 4 nitrogen and oxygen atoms in total. The summed E-state index contributed by atoms with van der Waals surface area (Å²) in [6.07, 6.45) is 4.16. The fraction of sp³-hybridized carbons (Fsp3) is 0.294. The minimum Gasteiger partial charge on any atom is -0.387 e. The normalized spacial score (nSPS) is 12.7. The molecule has 0 fully saturated rings. The third-order valence-electron chi connectivity index (χ3n) is 3.79. The van der Waals surface area contributed by atoms with Crippen LogP contribution in [-0.4, -0.2) is 26.3 Å². The largest absolute Gasteiger partial charge is 0.387 e. The van der Waals surface area contributed by atoms with Gasteiger partial charge in [0.25, 0.3) is 0 Å². The molecule has 3 rings (SSSR count). The molecule has 114 valence electrons. The van der Waals surface area contributed by atoms with Gasteiger partial charge in [-0.05, 0) is 43.9 Å². The van der Waals surface area contributed by atoms with Gasteiger partial charge in [-0.3, -0.25) is 0 Å². The topological polar surface area (TPSA) is 61.8 Å². The van der Waals surface area contributed by atoms with Crippen LogP contribution >= 0.6 is 11.8 Å². The Kier molecular flexibility index (Phi) is 4.18. The summed E-state index contributed by atoms with van der Waals surface area (Å²) in [5.74, 6) is 0. The van der Waals surface area contributed by atoms with Gasteiger partial charge in [-0.2, -0.15) is 0 Å². The molecule has 3 aromatic heterocycles. The van der Waals surface area contributed by atoms with Crippen molar-refractivity contribution >= 4 is 22.8 Å². The second kappa shape index (κ2) is 6.10. The Labute approximate surface area is 134 Å². The Hall–Kier alpha value is -1.85. The van der Waals surface area contributed by atoms with E-state index in [4.69, 9.17) is 0 Å². The summed E-state index contributed by atoms with van der Waals surface area (Å²) in [6.45, 7) is 3.79. The Balaban J connectivity index is 2.01. The van der Waals surface area contributed by atoms with Crippen LogP contribution in [0.2, 0.25) is 0 Å². The maximum Gasteiger partial charge on any atom is 0.0957 e. The Morgan fingerprint density at radius 2 is 2.09 bits per heavy atom. The van der Waals surface area contributed by atoms with Crippen molar-refractivity contribution in [2.75, 3.05) is 6.26 Å². The van der Waals surface area contributed by atoms with Crippen molar-refractivity contribution in [3.05, 3.63) is 53.0 Å². The minimum atomic E-state index is -0.560. The van der Waals surface area contributed by atoms with Gasteiger partial charge in [-0.1, -0.05) is 6.07 Å². The SMILES string of the molecule is CSc1ccc(Cc2c(C)[nH]c3ccc(C(C)O)nc23)cn1. The lowest BCUT2D eigenvalue weighted by atomic mass is 10.1. The van der Waals surface area contributed by atoms with Crippen LogP contribution in [-0.2, 0) is 6.42 Å². The summed E-state index contributed by atoms with van der Waals surface area (Å²) in [4.78, 5) is 12.4. The number of fused-ring (bicyclic) bond motifs is 1. The van der Waals surface area contributed by atoms with Crippen molar-refractivity contribution in [1.82, 2.24) is 15.0 Å². The molecular weight excluding hydrogens is 294 g/mol. The molecule has 0 aromatic carbocycles. The molecular formula is C17H19N3OS. The highest BCUT2D eigenvalue weighted by Crippen LogP contribution is 2.25. The van der Waals surface area contributed by atoms with Gasteiger partial charge < -0.3 is 10.1 Å². The van der Waals surface area contributed by atoms with Crippen molar-refractivity contribution in [3.8, 4) is 0 Å². The number of hydrogen-bond acceptors (Lipinski definition) is 4. The molecule has 0 aliphatic heterocycles. The number of hydrogen-bond donors (Lipinski definition) is 2. The van der Waals surface area contributed by atoms with Crippen LogP contribution < -0.4 is 0 Å². The van der Waals surface area contributed by atoms with E-state index in [-0.39, 0.29) is 0 Å². The number of aromatic amines is 1. The number of aliphatic hydroxyl groups is 1. The fourth-order valence-electron chi connectivity index (χ4n) is 2.55. The predicted molar refractivity (Wildman–Crippen MR) is 90.3 cm³/mol. The highest BCUT2D eigenvalue weighted by molar-refractivity contribution is 7.98. The average molecular weight is 313 g/mol. The zero-order valence-corrected chi connectivity index (χ0v) is 13.7. The molecule has 1 atom stereocenters. The molecule has 3 aromatic rings. The number of nitrogens with one attached hydrogen (secondary N) is 1. The molecule has 0 aliphatic carbocycles. The zero-order valence-electron chi connectivity index (χ0n) is 12.9. The molecule has 0 saturated heterocycles. The molecule has 22 heavy (non-hydrogen) atoms. The Morgan fingerprint density at radius 3 is 2.73 bits per heavy atom. The number of nitrogens with zero attached hydrogens (tertiary/aromatic N) is 2. The average Bonchev–Trinajstić information content (AvgIpc) is 2.83. The van der Waals surface area contributed by atoms with E-state index < -0.39 is 6.10 Å². The smallest absolute Gasteiger partial charge is 0.0957 e. The first-order valence-corrected chi connectivity index (χ1v) is 8.46. The van der Waals surface area contributed by atoms with E-state index in [0.29, 0.717) is 5.69 Å². The summed E-state index contributed by atoms with van der Waals surface area (Å²) >= 11 is 1.64. The van der Waals surface area contributed by atoms with E-state index in [0.717, 1.165) is 39.3 Å². The van der Waals surface area contributed by atoms with Crippen molar-refractivity contribution in [1.29, 1.82) is 0 Å². The van der Waals surface area contributed by atoms with Crippen LogP contribution in [0.3, 0.4) is 0 Å². The monoisotopic (exact) mass is 313 g/mol. The Morgan fingerprint density at radius 1 is 1.27 bits per heavy atom. The molecule has 5 heteroatoms. The first-order chi connectivity index (χ1) is 10.6. The third-order valence-corrected chi connectivity index (χ3v) is 4.45. The van der Waals surface area contributed by atoms with E-state index in [1.807, 2.05) is 30.7 Å². The molecule has 2 N–H and O–H groups in total. The maximum atomic E-state index is 9.74. The van der Waals surface area contributed by atoms with Gasteiger partial charge in [-0.25, -0.2) is 9.97 Å². The number of aryl methyl sites for hydroxylation is 1. The van der Waals surface area contributed by atoms with Crippen LogP contribution in [0.1, 0.15) is 35.5 Å². The molecule has 0 bridgehead atoms. The number of H-pyrrole nitrogens is 1. The van der Waals surface area contributed by atoms with Crippen molar-refractivity contribution in [2.45, 2.75) is 31.4 Å². The van der Waals surface area contributed by atoms with Crippen LogP contribution in [0, 0.1) is 6.92 Å². The van der Waals surface area contributed by atoms with Gasteiger partial charge in [0.05, 0.1) is 27.9 Å². The summed E-state index contributed by atoms with van der Waals surface area (Å²) in [5.41, 5.74) is 6.07. The molecule has 0 amide bonds. The highest BCUT2D eigenvalue weighted by atomic mass is 32.2. The lowest BCUT2D eigenvalue weighted by Crippen LogP contribution is -1.97. The second-order valence-electron chi connectivity index (χ2n) is 5.42. The molecule has 0 saturated carbocycles. The van der Waals surface area contributed by atoms with Crippen LogP contribution in [0.15, 0.2) is 35.5 Å². The van der Waals surface area contributed by atoms with Crippen molar-refractivity contribution in [3.63, 3.8) is 0 Å². The fourth-order valence-corrected chi connectivity index (χ4v) is 2.91. The molecule has 0 spiro atoms. The Bertz CT molecular complexity index is 794. The van der Waals surface area contributed by atoms with Gasteiger partial charge in [0, 0.05) is 23.9 Å². The van der Waals surface area contributed by atoms with Gasteiger partial charge in [0.2, 0.25) is 0 Å². The minimum absolute atomic E-state index is 0.560. The number of rotatable bonds is 4. The van der Waals surface area contributed by atoms with E-state index in [1.165, 1.54) is 0 Å². The van der Waals surface area contributed by atoms with Gasteiger partial charge in [0.1, 0.15) is 0 Å². The first kappa shape index (κ1) is 15.1. The summed E-state index contributed by atoms with van der Waals surface area (Å²) in [6, 6.07) is 7.99. The first-order valence-electron chi connectivity index (χ1n) is 7.23. The maximum absolute atomic E-state index is 9.74. The molecule has 3 heterocycles. The van der Waals surface area contributed by atoms with E-state index in [1.54, 1.807) is 18.7 Å². The highest BCUT2D eigenvalue weighted by Gasteiger charge is 2.13. The van der Waals surface area contributed by atoms with E-state index >= 15 is 0 Å². The van der Waals surface area contributed by atoms with Crippen LogP contribution in [0.5, 0.6) is 0 Å². The van der Waals surface area contributed by atoms with Gasteiger partial charge in [0.15, 0.2) is 0 Å². The van der Waals surface area contributed by atoms with Crippen molar-refractivity contribution < 1.29 is 5.11 Å². The predicted octanol–water partition coefficient (Wildman–Crippen LogP) is 3.63. The van der Waals surface area contributed by atoms with Crippen LogP contribution in [0.25, 0.3) is 11.0 Å². The van der Waals surface area contributed by atoms with Gasteiger partial charge in [-0.15, -0.1) is 11.8 Å². The number of pyridine rings is 2. The second-order valence-corrected chi connectivity index (χ2v) is 6.25. The standard InChI is InChI=1S/C17H19N3OS/c1-10-13(8-12-4-7-16(22-3)18-9-12)17-15(19-10)6-5-14(20-17)11(2)21/h4-7,9,11,19,21H,8H2,1-3H3. The molecule has 0 radical (unpaired) electrons. The number of thioether (sulfide) groups is 1. The van der Waals surface area contributed by atoms with E-state index in [2.05, 4.69) is 27.9 Å². The van der Waals surface area contributed by atoms with Gasteiger partial charge >= 0.3 is 0 Å². The zero-order chi connectivity index (χ0) is 15.7. The summed E-state index contributed by atoms with van der Waals surface area (Å²) < 4.78 is 0. The molecule has 1 unspecified atom stereocenters. The van der Waals surface area contributed by atoms with Crippen LogP contribution in [0.4, 0.5) is 0 Å².